The van der Waals surface area contributed by atoms with E-state index in [4.69, 9.17) is 11.6 Å². The number of carbonyl (C=O) groups is 1. The molecule has 0 saturated carbocycles. The number of hydrogen-bond acceptors (Lipinski definition) is 4. The molecule has 1 heterocycles. The predicted octanol–water partition coefficient (Wildman–Crippen LogP) is 4.47. The number of halogens is 1. The standard InChI is InChI=1S/C22H24ClN3O2S/c1-3-11-26-21(28)18-10-9-17(23)12-19(18)25-22(26)29-14-20(27)24-13-15(2)16-7-5-4-6-8-16/h4-10,12,15H,3,11,13-14H2,1-2H3,(H,24,27). The van der Waals surface area contributed by atoms with Gasteiger partial charge in [0.25, 0.3) is 5.56 Å². The molecule has 3 aromatic rings. The van der Waals surface area contributed by atoms with Crippen LogP contribution in [-0.2, 0) is 11.3 Å². The number of aromatic nitrogens is 2. The van der Waals surface area contributed by atoms with Crippen molar-refractivity contribution in [3.63, 3.8) is 0 Å². The summed E-state index contributed by atoms with van der Waals surface area (Å²) in [4.78, 5) is 29.8. The Balaban J connectivity index is 1.69. The van der Waals surface area contributed by atoms with Crippen molar-refractivity contribution in [2.75, 3.05) is 12.3 Å². The van der Waals surface area contributed by atoms with Gasteiger partial charge in [-0.15, -0.1) is 0 Å². The number of nitrogens with one attached hydrogen (secondary N) is 1. The summed E-state index contributed by atoms with van der Waals surface area (Å²) in [6.45, 7) is 5.20. The summed E-state index contributed by atoms with van der Waals surface area (Å²) in [6, 6.07) is 15.1. The highest BCUT2D eigenvalue weighted by Crippen LogP contribution is 2.21. The molecule has 0 spiro atoms. The first-order valence-corrected chi connectivity index (χ1v) is 11.0. The van der Waals surface area contributed by atoms with E-state index in [1.54, 1.807) is 22.8 Å². The maximum Gasteiger partial charge on any atom is 0.262 e. The Morgan fingerprint density at radius 3 is 2.72 bits per heavy atom. The Labute approximate surface area is 179 Å². The molecule has 0 radical (unpaired) electrons. The van der Waals surface area contributed by atoms with Crippen molar-refractivity contribution in [2.45, 2.75) is 37.9 Å². The van der Waals surface area contributed by atoms with Gasteiger partial charge in [0.1, 0.15) is 0 Å². The number of benzene rings is 2. The predicted molar refractivity (Wildman–Crippen MR) is 120 cm³/mol. The van der Waals surface area contributed by atoms with E-state index >= 15 is 0 Å². The highest BCUT2D eigenvalue weighted by atomic mass is 35.5. The summed E-state index contributed by atoms with van der Waals surface area (Å²) in [7, 11) is 0. The Hall–Kier alpha value is -2.31. The van der Waals surface area contributed by atoms with Crippen LogP contribution in [0.4, 0.5) is 0 Å². The van der Waals surface area contributed by atoms with E-state index in [0.29, 0.717) is 34.2 Å². The van der Waals surface area contributed by atoms with Gasteiger partial charge in [-0.25, -0.2) is 4.98 Å². The van der Waals surface area contributed by atoms with Crippen molar-refractivity contribution in [3.8, 4) is 0 Å². The van der Waals surface area contributed by atoms with Gasteiger partial charge in [0, 0.05) is 18.1 Å². The Morgan fingerprint density at radius 2 is 2.00 bits per heavy atom. The molecule has 29 heavy (non-hydrogen) atoms. The zero-order valence-corrected chi connectivity index (χ0v) is 18.1. The van der Waals surface area contributed by atoms with E-state index < -0.39 is 0 Å². The molecular formula is C22H24ClN3O2S. The van der Waals surface area contributed by atoms with Crippen molar-refractivity contribution in [3.05, 3.63) is 69.5 Å². The van der Waals surface area contributed by atoms with Crippen LogP contribution in [0.3, 0.4) is 0 Å². The Kier molecular flexibility index (Phi) is 7.34. The first kappa shape index (κ1) is 21.4. The second-order valence-corrected chi connectivity index (χ2v) is 8.30. The van der Waals surface area contributed by atoms with Crippen molar-refractivity contribution >= 4 is 40.2 Å². The molecule has 2 aromatic carbocycles. The number of carbonyl (C=O) groups excluding carboxylic acids is 1. The molecule has 0 aliphatic rings. The van der Waals surface area contributed by atoms with Gasteiger partial charge in [0.05, 0.1) is 16.7 Å². The van der Waals surface area contributed by atoms with Crippen LogP contribution in [0.1, 0.15) is 31.7 Å². The minimum absolute atomic E-state index is 0.0822. The monoisotopic (exact) mass is 429 g/mol. The quantitative estimate of drug-likeness (QED) is 0.423. The third kappa shape index (κ3) is 5.40. The molecule has 0 bridgehead atoms. The van der Waals surface area contributed by atoms with Gasteiger partial charge in [-0.3, -0.25) is 14.2 Å². The molecule has 0 aliphatic heterocycles. The molecule has 1 unspecified atom stereocenters. The van der Waals surface area contributed by atoms with Gasteiger partial charge >= 0.3 is 0 Å². The Morgan fingerprint density at radius 1 is 1.24 bits per heavy atom. The molecule has 1 atom stereocenters. The van der Waals surface area contributed by atoms with E-state index in [1.165, 1.54) is 17.3 Å². The molecule has 3 rings (SSSR count). The molecule has 152 valence electrons. The summed E-state index contributed by atoms with van der Waals surface area (Å²) in [5.41, 5.74) is 1.63. The minimum Gasteiger partial charge on any atom is -0.355 e. The lowest BCUT2D eigenvalue weighted by Crippen LogP contribution is -2.29. The lowest BCUT2D eigenvalue weighted by molar-refractivity contribution is -0.118. The number of amides is 1. The SMILES string of the molecule is CCCn1c(SCC(=O)NCC(C)c2ccccc2)nc2cc(Cl)ccc2c1=O. The fraction of sp³-hybridized carbons (Fsp3) is 0.318. The number of thioether (sulfide) groups is 1. The molecule has 0 fully saturated rings. The van der Waals surface area contributed by atoms with Crippen LogP contribution in [0, 0.1) is 0 Å². The Bertz CT molecular complexity index is 1050. The fourth-order valence-corrected chi connectivity index (χ4v) is 4.07. The van der Waals surface area contributed by atoms with Crippen LogP contribution in [0.15, 0.2) is 58.5 Å². The molecule has 0 saturated heterocycles. The van der Waals surface area contributed by atoms with Crippen LogP contribution in [0.2, 0.25) is 5.02 Å². The largest absolute Gasteiger partial charge is 0.355 e. The van der Waals surface area contributed by atoms with Gasteiger partial charge in [-0.1, -0.05) is 67.5 Å². The first-order chi connectivity index (χ1) is 14.0. The van der Waals surface area contributed by atoms with Gasteiger partial charge in [-0.05, 0) is 36.1 Å². The molecule has 0 aliphatic carbocycles. The highest BCUT2D eigenvalue weighted by Gasteiger charge is 2.14. The number of hydrogen-bond donors (Lipinski definition) is 1. The van der Waals surface area contributed by atoms with Crippen LogP contribution >= 0.6 is 23.4 Å². The lowest BCUT2D eigenvalue weighted by Gasteiger charge is -2.14. The van der Waals surface area contributed by atoms with Gasteiger partial charge in [-0.2, -0.15) is 0 Å². The van der Waals surface area contributed by atoms with Gasteiger partial charge in [0.2, 0.25) is 5.91 Å². The number of rotatable bonds is 8. The average Bonchev–Trinajstić information content (AvgIpc) is 2.73. The van der Waals surface area contributed by atoms with E-state index in [-0.39, 0.29) is 23.1 Å². The molecule has 1 N–H and O–H groups in total. The zero-order chi connectivity index (χ0) is 20.8. The van der Waals surface area contributed by atoms with Crippen molar-refractivity contribution < 1.29 is 4.79 Å². The summed E-state index contributed by atoms with van der Waals surface area (Å²) >= 11 is 7.33. The smallest absolute Gasteiger partial charge is 0.262 e. The van der Waals surface area contributed by atoms with E-state index in [9.17, 15) is 9.59 Å². The van der Waals surface area contributed by atoms with Crippen LogP contribution in [0.25, 0.3) is 10.9 Å². The summed E-state index contributed by atoms with van der Waals surface area (Å²) in [5, 5.41) is 4.57. The molecule has 1 aromatic heterocycles. The fourth-order valence-electron chi connectivity index (χ4n) is 3.05. The van der Waals surface area contributed by atoms with E-state index in [2.05, 4.69) is 29.4 Å². The number of fused-ring (bicyclic) bond motifs is 1. The first-order valence-electron chi connectivity index (χ1n) is 9.64. The summed E-state index contributed by atoms with van der Waals surface area (Å²) in [6.07, 6.45) is 0.801. The van der Waals surface area contributed by atoms with Crippen molar-refractivity contribution in [1.29, 1.82) is 0 Å². The topological polar surface area (TPSA) is 64.0 Å². The third-order valence-electron chi connectivity index (χ3n) is 4.64. The molecular weight excluding hydrogens is 406 g/mol. The zero-order valence-electron chi connectivity index (χ0n) is 16.5. The lowest BCUT2D eigenvalue weighted by atomic mass is 10.0. The second-order valence-electron chi connectivity index (χ2n) is 6.92. The molecule has 1 amide bonds. The van der Waals surface area contributed by atoms with Crippen molar-refractivity contribution in [2.24, 2.45) is 0 Å². The van der Waals surface area contributed by atoms with Crippen LogP contribution in [-0.4, -0.2) is 27.8 Å². The van der Waals surface area contributed by atoms with Gasteiger partial charge < -0.3 is 5.32 Å². The molecule has 5 nitrogen and oxygen atoms in total. The summed E-state index contributed by atoms with van der Waals surface area (Å²) < 4.78 is 1.64. The normalized spacial score (nSPS) is 12.1. The maximum atomic E-state index is 12.8. The van der Waals surface area contributed by atoms with Crippen LogP contribution in [0.5, 0.6) is 0 Å². The maximum absolute atomic E-state index is 12.8. The third-order valence-corrected chi connectivity index (χ3v) is 5.85. The second kappa shape index (κ2) is 9.94. The van der Waals surface area contributed by atoms with Crippen LogP contribution < -0.4 is 10.9 Å². The van der Waals surface area contributed by atoms with Crippen molar-refractivity contribution in [1.82, 2.24) is 14.9 Å². The van der Waals surface area contributed by atoms with Gasteiger partial charge in [0.15, 0.2) is 5.16 Å². The van der Waals surface area contributed by atoms with E-state index in [1.807, 2.05) is 25.1 Å². The summed E-state index contributed by atoms with van der Waals surface area (Å²) in [5.74, 6) is 0.342. The minimum atomic E-state index is -0.103. The highest BCUT2D eigenvalue weighted by molar-refractivity contribution is 7.99. The van der Waals surface area contributed by atoms with E-state index in [0.717, 1.165) is 6.42 Å². The number of nitrogens with zero attached hydrogens (tertiary/aromatic N) is 2. The molecule has 7 heteroatoms. The average molecular weight is 430 g/mol.